The fourth-order valence-electron chi connectivity index (χ4n) is 4.02. The molecular formula is C24H26F3N5OS. The number of aryl methyl sites for hydroxylation is 2. The number of piperazine rings is 1. The standard InChI is InChI=1S/C24H26F3N5OS/c1-15-5-3-6-16(2)22(15)23-18(24(25,26)27)9-10-19(29-23)31-34-21-8-4-7-20(30-21)32-12-11-28-17(13-32)14-33/h3-10,17,28,33H,11-14H2,1-2H3,(H,29,31). The van der Waals surface area contributed by atoms with Crippen molar-refractivity contribution in [1.29, 1.82) is 0 Å². The van der Waals surface area contributed by atoms with Crippen molar-refractivity contribution in [3.05, 3.63) is 65.2 Å². The van der Waals surface area contributed by atoms with Crippen LogP contribution in [0.1, 0.15) is 16.7 Å². The molecular weight excluding hydrogens is 463 g/mol. The Bertz CT molecular complexity index is 1140. The molecule has 3 N–H and O–H groups in total. The van der Waals surface area contributed by atoms with E-state index in [2.05, 4.69) is 24.9 Å². The maximum atomic E-state index is 13.8. The summed E-state index contributed by atoms with van der Waals surface area (Å²) in [7, 11) is 0. The zero-order valence-corrected chi connectivity index (χ0v) is 19.7. The number of nitrogens with zero attached hydrogens (tertiary/aromatic N) is 3. The number of benzene rings is 1. The van der Waals surface area contributed by atoms with E-state index in [0.29, 0.717) is 23.0 Å². The van der Waals surface area contributed by atoms with Gasteiger partial charge in [-0.3, -0.25) is 0 Å². The second kappa shape index (κ2) is 10.2. The summed E-state index contributed by atoms with van der Waals surface area (Å²) >= 11 is 1.19. The molecule has 2 aromatic heterocycles. The molecule has 10 heteroatoms. The van der Waals surface area contributed by atoms with Gasteiger partial charge in [-0.05, 0) is 49.2 Å². The minimum Gasteiger partial charge on any atom is -0.395 e. The average molecular weight is 490 g/mol. The second-order valence-corrected chi connectivity index (χ2v) is 9.00. The lowest BCUT2D eigenvalue weighted by molar-refractivity contribution is -0.137. The number of alkyl halides is 3. The Kier molecular flexibility index (Phi) is 7.30. The lowest BCUT2D eigenvalue weighted by atomic mass is 9.96. The fourth-order valence-corrected chi connectivity index (χ4v) is 4.63. The summed E-state index contributed by atoms with van der Waals surface area (Å²) in [5.74, 6) is 1.09. The van der Waals surface area contributed by atoms with Crippen LogP contribution >= 0.6 is 11.9 Å². The van der Waals surface area contributed by atoms with Crippen LogP contribution in [-0.2, 0) is 6.18 Å². The molecule has 1 aromatic carbocycles. The van der Waals surface area contributed by atoms with Crippen LogP contribution < -0.4 is 14.9 Å². The van der Waals surface area contributed by atoms with Crippen LogP contribution in [0.4, 0.5) is 24.8 Å². The van der Waals surface area contributed by atoms with Gasteiger partial charge in [-0.15, -0.1) is 0 Å². The Morgan fingerprint density at radius 1 is 1.09 bits per heavy atom. The molecule has 34 heavy (non-hydrogen) atoms. The molecule has 1 saturated heterocycles. The highest BCUT2D eigenvalue weighted by Crippen LogP contribution is 2.39. The van der Waals surface area contributed by atoms with E-state index in [1.165, 1.54) is 18.0 Å². The van der Waals surface area contributed by atoms with Gasteiger partial charge in [-0.2, -0.15) is 13.2 Å². The summed E-state index contributed by atoms with van der Waals surface area (Å²) in [6, 6.07) is 13.4. The van der Waals surface area contributed by atoms with E-state index in [9.17, 15) is 18.3 Å². The third-order valence-corrected chi connectivity index (χ3v) is 6.44. The number of pyridine rings is 2. The fraction of sp³-hybridized carbons (Fsp3) is 0.333. The maximum Gasteiger partial charge on any atom is 0.418 e. The van der Waals surface area contributed by atoms with Crippen LogP contribution in [-0.4, -0.2) is 47.4 Å². The van der Waals surface area contributed by atoms with E-state index in [0.717, 1.165) is 36.1 Å². The highest BCUT2D eigenvalue weighted by Gasteiger charge is 2.35. The van der Waals surface area contributed by atoms with Gasteiger partial charge in [-0.25, -0.2) is 9.97 Å². The van der Waals surface area contributed by atoms with Gasteiger partial charge in [0.1, 0.15) is 16.7 Å². The molecule has 3 heterocycles. The van der Waals surface area contributed by atoms with Crippen molar-refractivity contribution in [1.82, 2.24) is 15.3 Å². The van der Waals surface area contributed by atoms with Gasteiger partial charge in [0.15, 0.2) is 0 Å². The lowest BCUT2D eigenvalue weighted by Gasteiger charge is -2.33. The van der Waals surface area contributed by atoms with Crippen LogP contribution in [0.5, 0.6) is 0 Å². The third-order valence-electron chi connectivity index (χ3n) is 5.69. The molecule has 1 fully saturated rings. The molecule has 4 rings (SSSR count). The zero-order chi connectivity index (χ0) is 24.3. The van der Waals surface area contributed by atoms with E-state index >= 15 is 0 Å². The van der Waals surface area contributed by atoms with Gasteiger partial charge >= 0.3 is 6.18 Å². The molecule has 1 aliphatic heterocycles. The third kappa shape index (κ3) is 5.45. The average Bonchev–Trinajstić information content (AvgIpc) is 2.82. The van der Waals surface area contributed by atoms with Crippen molar-refractivity contribution in [2.24, 2.45) is 0 Å². The number of aliphatic hydroxyl groups is 1. The number of hydrogen-bond donors (Lipinski definition) is 3. The predicted molar refractivity (Wildman–Crippen MR) is 129 cm³/mol. The Balaban J connectivity index is 1.57. The smallest absolute Gasteiger partial charge is 0.395 e. The molecule has 180 valence electrons. The largest absolute Gasteiger partial charge is 0.418 e. The first-order valence-corrected chi connectivity index (χ1v) is 11.7. The van der Waals surface area contributed by atoms with Gasteiger partial charge in [0.25, 0.3) is 0 Å². The highest BCUT2D eigenvalue weighted by molar-refractivity contribution is 8.00. The number of hydrogen-bond acceptors (Lipinski definition) is 7. The maximum absolute atomic E-state index is 13.8. The summed E-state index contributed by atoms with van der Waals surface area (Å²) in [6.07, 6.45) is -4.52. The summed E-state index contributed by atoms with van der Waals surface area (Å²) < 4.78 is 44.3. The Morgan fingerprint density at radius 2 is 1.82 bits per heavy atom. The molecule has 0 aliphatic carbocycles. The van der Waals surface area contributed by atoms with Crippen molar-refractivity contribution >= 4 is 23.6 Å². The van der Waals surface area contributed by atoms with Gasteiger partial charge in [0, 0.05) is 43.2 Å². The van der Waals surface area contributed by atoms with Crippen LogP contribution in [0.25, 0.3) is 11.3 Å². The summed E-state index contributed by atoms with van der Waals surface area (Å²) in [5, 5.41) is 13.3. The Hall–Kier alpha value is -2.82. The summed E-state index contributed by atoms with van der Waals surface area (Å²) in [6.45, 7) is 5.78. The first-order chi connectivity index (χ1) is 16.3. The number of rotatable bonds is 6. The number of aliphatic hydroxyl groups excluding tert-OH is 1. The molecule has 1 unspecified atom stereocenters. The van der Waals surface area contributed by atoms with Crippen molar-refractivity contribution in [3.63, 3.8) is 0 Å². The molecule has 0 saturated carbocycles. The van der Waals surface area contributed by atoms with E-state index in [4.69, 9.17) is 0 Å². The molecule has 1 aliphatic rings. The number of nitrogens with one attached hydrogen (secondary N) is 2. The molecule has 0 spiro atoms. The number of halogens is 3. The minimum absolute atomic E-state index is 0.00958. The van der Waals surface area contributed by atoms with Gasteiger partial charge < -0.3 is 20.0 Å². The van der Waals surface area contributed by atoms with Gasteiger partial charge in [0.05, 0.1) is 17.9 Å². The van der Waals surface area contributed by atoms with Crippen LogP contribution in [0.15, 0.2) is 53.6 Å². The molecule has 0 amide bonds. The molecule has 0 bridgehead atoms. The zero-order valence-electron chi connectivity index (χ0n) is 18.9. The molecule has 6 nitrogen and oxygen atoms in total. The first kappa shape index (κ1) is 24.3. The van der Waals surface area contributed by atoms with Gasteiger partial charge in [0.2, 0.25) is 0 Å². The topological polar surface area (TPSA) is 73.3 Å². The van der Waals surface area contributed by atoms with Gasteiger partial charge in [-0.1, -0.05) is 24.3 Å². The summed E-state index contributed by atoms with van der Waals surface area (Å²) in [5.41, 5.74) is 1.09. The monoisotopic (exact) mass is 489 g/mol. The second-order valence-electron chi connectivity index (χ2n) is 8.18. The summed E-state index contributed by atoms with van der Waals surface area (Å²) in [4.78, 5) is 11.1. The Labute approximate surface area is 200 Å². The van der Waals surface area contributed by atoms with Crippen molar-refractivity contribution in [2.45, 2.75) is 31.1 Å². The molecule has 0 radical (unpaired) electrons. The van der Waals surface area contributed by atoms with Crippen molar-refractivity contribution in [3.8, 4) is 11.3 Å². The van der Waals surface area contributed by atoms with E-state index in [1.807, 2.05) is 24.3 Å². The number of aromatic nitrogens is 2. The SMILES string of the molecule is Cc1cccc(C)c1-c1nc(NSc2cccc(N3CCNC(CO)C3)n2)ccc1C(F)(F)F. The Morgan fingerprint density at radius 3 is 2.53 bits per heavy atom. The lowest BCUT2D eigenvalue weighted by Crippen LogP contribution is -2.52. The van der Waals surface area contributed by atoms with Crippen molar-refractivity contribution < 1.29 is 18.3 Å². The predicted octanol–water partition coefficient (Wildman–Crippen LogP) is 4.67. The minimum atomic E-state index is -4.52. The van der Waals surface area contributed by atoms with Crippen LogP contribution in [0, 0.1) is 13.8 Å². The normalized spacial score (nSPS) is 16.5. The quantitative estimate of drug-likeness (QED) is 0.435. The van der Waals surface area contributed by atoms with Crippen LogP contribution in [0.3, 0.4) is 0 Å². The molecule has 1 atom stereocenters. The van der Waals surface area contributed by atoms with Crippen molar-refractivity contribution in [2.75, 3.05) is 35.9 Å². The van der Waals surface area contributed by atoms with Crippen LogP contribution in [0.2, 0.25) is 0 Å². The molecule has 3 aromatic rings. The van der Waals surface area contributed by atoms with E-state index < -0.39 is 11.7 Å². The van der Waals surface area contributed by atoms with E-state index in [1.54, 1.807) is 26.0 Å². The highest BCUT2D eigenvalue weighted by atomic mass is 32.2. The number of anilines is 2. The van der Waals surface area contributed by atoms with E-state index in [-0.39, 0.29) is 18.3 Å². The first-order valence-electron chi connectivity index (χ1n) is 10.9.